The molecule has 12 heavy (non-hydrogen) atoms. The van der Waals surface area contributed by atoms with E-state index in [4.69, 9.17) is 0 Å². The van der Waals surface area contributed by atoms with E-state index in [1.807, 2.05) is 0 Å². The molecule has 0 N–H and O–H groups in total. The Labute approximate surface area is 80.4 Å². The Morgan fingerprint density at radius 1 is 1.75 bits per heavy atom. The molecule has 1 rings (SSSR count). The molecular formula is C8H11NOS2. The van der Waals surface area contributed by atoms with Gasteiger partial charge in [-0.2, -0.15) is 11.8 Å². The highest BCUT2D eigenvalue weighted by Gasteiger charge is 2.03. The van der Waals surface area contributed by atoms with Gasteiger partial charge < -0.3 is 0 Å². The maximum Gasteiger partial charge on any atom is 0.147 e. The first-order valence-electron chi connectivity index (χ1n) is 3.79. The summed E-state index contributed by atoms with van der Waals surface area (Å²) in [6, 6.07) is 0. The number of Topliss-reactive ketones (excluding diaryl/α,β-unsaturated/α-hetero) is 1. The number of ketones is 1. The molecule has 0 atom stereocenters. The molecule has 0 aliphatic carbocycles. The fraction of sp³-hybridized carbons (Fsp3) is 0.500. The van der Waals surface area contributed by atoms with E-state index in [1.165, 1.54) is 0 Å². The first kappa shape index (κ1) is 9.74. The minimum atomic E-state index is 0.297. The number of thiazole rings is 1. The molecule has 0 saturated carbocycles. The number of rotatable bonds is 5. The normalized spacial score (nSPS) is 10.1. The Morgan fingerprint density at radius 2 is 2.58 bits per heavy atom. The Bertz CT molecular complexity index is 233. The van der Waals surface area contributed by atoms with Gasteiger partial charge in [-0.1, -0.05) is 6.92 Å². The molecule has 0 amide bonds. The summed E-state index contributed by atoms with van der Waals surface area (Å²) < 4.78 is 0. The van der Waals surface area contributed by atoms with E-state index in [1.54, 1.807) is 34.8 Å². The zero-order valence-electron chi connectivity index (χ0n) is 6.95. The largest absolute Gasteiger partial charge is 0.298 e. The summed E-state index contributed by atoms with van der Waals surface area (Å²) >= 11 is 3.22. The fourth-order valence-corrected chi connectivity index (χ4v) is 1.95. The van der Waals surface area contributed by atoms with Crippen LogP contribution in [0.15, 0.2) is 11.7 Å². The lowest BCUT2D eigenvalue weighted by molar-refractivity contribution is -0.115. The summed E-state index contributed by atoms with van der Waals surface area (Å²) in [6.45, 7) is 2.06. The number of hydrogen-bond donors (Lipinski definition) is 0. The Morgan fingerprint density at radius 3 is 3.17 bits per heavy atom. The lowest BCUT2D eigenvalue weighted by atomic mass is 10.3. The van der Waals surface area contributed by atoms with Crippen LogP contribution in [0, 0.1) is 0 Å². The zero-order chi connectivity index (χ0) is 8.81. The van der Waals surface area contributed by atoms with Crippen LogP contribution in [-0.4, -0.2) is 22.3 Å². The van der Waals surface area contributed by atoms with Crippen molar-refractivity contribution in [3.63, 3.8) is 0 Å². The van der Waals surface area contributed by atoms with Crippen molar-refractivity contribution in [1.82, 2.24) is 4.98 Å². The van der Waals surface area contributed by atoms with Crippen LogP contribution in [0.5, 0.6) is 0 Å². The molecule has 66 valence electrons. The first-order valence-corrected chi connectivity index (χ1v) is 5.83. The molecule has 0 spiro atoms. The number of hydrogen-bond acceptors (Lipinski definition) is 4. The third-order valence-corrected chi connectivity index (χ3v) is 3.04. The molecule has 0 aliphatic rings. The molecule has 0 unspecified atom stereocenters. The van der Waals surface area contributed by atoms with Crippen molar-refractivity contribution < 1.29 is 4.79 Å². The van der Waals surface area contributed by atoms with Crippen LogP contribution < -0.4 is 0 Å². The molecule has 0 aromatic carbocycles. The SMILES string of the molecule is CCSCC(=O)Cc1cncs1. The average molecular weight is 201 g/mol. The third-order valence-electron chi connectivity index (χ3n) is 1.32. The van der Waals surface area contributed by atoms with Crippen molar-refractivity contribution in [3.05, 3.63) is 16.6 Å². The molecular weight excluding hydrogens is 190 g/mol. The van der Waals surface area contributed by atoms with Crippen molar-refractivity contribution in [2.24, 2.45) is 0 Å². The molecule has 1 heterocycles. The predicted octanol–water partition coefficient (Wildman–Crippen LogP) is 2.01. The van der Waals surface area contributed by atoms with Gasteiger partial charge in [0.1, 0.15) is 5.78 Å². The maximum absolute atomic E-state index is 11.2. The standard InChI is InChI=1S/C8H11NOS2/c1-2-11-5-7(10)3-8-4-9-6-12-8/h4,6H,2-3,5H2,1H3. The number of aromatic nitrogens is 1. The number of nitrogens with zero attached hydrogens (tertiary/aromatic N) is 1. The van der Waals surface area contributed by atoms with Gasteiger partial charge in [0.2, 0.25) is 0 Å². The van der Waals surface area contributed by atoms with Crippen molar-refractivity contribution in [2.45, 2.75) is 13.3 Å². The highest BCUT2D eigenvalue weighted by atomic mass is 32.2. The number of carbonyl (C=O) groups is 1. The van der Waals surface area contributed by atoms with Crippen molar-refractivity contribution in [2.75, 3.05) is 11.5 Å². The maximum atomic E-state index is 11.2. The van der Waals surface area contributed by atoms with Gasteiger partial charge in [0.25, 0.3) is 0 Å². The molecule has 0 radical (unpaired) electrons. The van der Waals surface area contributed by atoms with Gasteiger partial charge in [-0.05, 0) is 5.75 Å². The van der Waals surface area contributed by atoms with Crippen LogP contribution in [0.2, 0.25) is 0 Å². The van der Waals surface area contributed by atoms with Gasteiger partial charge in [0.05, 0.1) is 11.3 Å². The Kier molecular flexibility index (Phi) is 4.32. The smallest absolute Gasteiger partial charge is 0.147 e. The van der Waals surface area contributed by atoms with Crippen LogP contribution in [-0.2, 0) is 11.2 Å². The van der Waals surface area contributed by atoms with E-state index in [2.05, 4.69) is 11.9 Å². The van der Waals surface area contributed by atoms with Gasteiger partial charge in [-0.3, -0.25) is 9.78 Å². The van der Waals surface area contributed by atoms with Crippen molar-refractivity contribution >= 4 is 28.9 Å². The molecule has 0 aliphatic heterocycles. The molecule has 1 aromatic heterocycles. The van der Waals surface area contributed by atoms with Gasteiger partial charge in [-0.15, -0.1) is 11.3 Å². The van der Waals surface area contributed by atoms with E-state index in [0.717, 1.165) is 10.6 Å². The summed E-state index contributed by atoms with van der Waals surface area (Å²) in [7, 11) is 0. The summed E-state index contributed by atoms with van der Waals surface area (Å²) in [5, 5.41) is 0. The quantitative estimate of drug-likeness (QED) is 0.730. The lowest BCUT2D eigenvalue weighted by Gasteiger charge is -1.95. The molecule has 0 fully saturated rings. The number of carbonyl (C=O) groups excluding carboxylic acids is 1. The van der Waals surface area contributed by atoms with Crippen molar-refractivity contribution in [3.8, 4) is 0 Å². The van der Waals surface area contributed by atoms with Crippen LogP contribution >= 0.6 is 23.1 Å². The summed E-state index contributed by atoms with van der Waals surface area (Å²) in [5.41, 5.74) is 1.76. The summed E-state index contributed by atoms with van der Waals surface area (Å²) in [6.07, 6.45) is 2.32. The van der Waals surface area contributed by atoms with E-state index < -0.39 is 0 Å². The number of thioether (sulfide) groups is 1. The fourth-order valence-electron chi connectivity index (χ4n) is 0.791. The van der Waals surface area contributed by atoms with E-state index in [9.17, 15) is 4.79 Å². The highest BCUT2D eigenvalue weighted by Crippen LogP contribution is 2.08. The second-order valence-electron chi connectivity index (χ2n) is 2.32. The van der Waals surface area contributed by atoms with Gasteiger partial charge >= 0.3 is 0 Å². The average Bonchev–Trinajstić information content (AvgIpc) is 2.53. The lowest BCUT2D eigenvalue weighted by Crippen LogP contribution is -2.04. The first-order chi connectivity index (χ1) is 5.83. The van der Waals surface area contributed by atoms with E-state index >= 15 is 0 Å². The Hall–Kier alpha value is -0.350. The van der Waals surface area contributed by atoms with Crippen LogP contribution in [0.3, 0.4) is 0 Å². The topological polar surface area (TPSA) is 30.0 Å². The van der Waals surface area contributed by atoms with E-state index in [0.29, 0.717) is 18.0 Å². The molecule has 0 bridgehead atoms. The van der Waals surface area contributed by atoms with Gasteiger partial charge in [-0.25, -0.2) is 0 Å². The second-order valence-corrected chi connectivity index (χ2v) is 4.57. The van der Waals surface area contributed by atoms with Crippen LogP contribution in [0.25, 0.3) is 0 Å². The molecule has 2 nitrogen and oxygen atoms in total. The van der Waals surface area contributed by atoms with Crippen molar-refractivity contribution in [1.29, 1.82) is 0 Å². The summed E-state index contributed by atoms with van der Waals surface area (Å²) in [5.74, 6) is 1.94. The van der Waals surface area contributed by atoms with Gasteiger partial charge in [0, 0.05) is 17.5 Å². The Balaban J connectivity index is 2.27. The summed E-state index contributed by atoms with van der Waals surface area (Å²) in [4.78, 5) is 16.2. The van der Waals surface area contributed by atoms with Gasteiger partial charge in [0.15, 0.2) is 0 Å². The molecule has 4 heteroatoms. The minimum Gasteiger partial charge on any atom is -0.298 e. The minimum absolute atomic E-state index is 0.297. The second kappa shape index (κ2) is 5.32. The van der Waals surface area contributed by atoms with E-state index in [-0.39, 0.29) is 0 Å². The molecule has 1 aromatic rings. The zero-order valence-corrected chi connectivity index (χ0v) is 8.58. The van der Waals surface area contributed by atoms with Crippen LogP contribution in [0.1, 0.15) is 11.8 Å². The highest BCUT2D eigenvalue weighted by molar-refractivity contribution is 7.99. The predicted molar refractivity (Wildman–Crippen MR) is 53.8 cm³/mol. The monoisotopic (exact) mass is 201 g/mol. The molecule has 0 saturated heterocycles. The third kappa shape index (κ3) is 3.36. The van der Waals surface area contributed by atoms with Crippen LogP contribution in [0.4, 0.5) is 0 Å².